The van der Waals surface area contributed by atoms with Crippen LogP contribution < -0.4 is 0 Å². The Balaban J connectivity index is 2.12. The van der Waals surface area contributed by atoms with Gasteiger partial charge in [0.25, 0.3) is 5.91 Å². The number of cyclic esters (lactones) is 1. The highest BCUT2D eigenvalue weighted by Gasteiger charge is 2.26. The van der Waals surface area contributed by atoms with Crippen molar-refractivity contribution in [3.05, 3.63) is 26.7 Å². The number of carbonyl (C=O) groups is 2. The first kappa shape index (κ1) is 17.0. The normalized spacial score (nSPS) is 14.2. The number of rotatable bonds is 4. The van der Waals surface area contributed by atoms with Crippen LogP contribution in [0, 0.1) is 0 Å². The van der Waals surface area contributed by atoms with E-state index in [-0.39, 0.29) is 27.2 Å². The van der Waals surface area contributed by atoms with Crippen molar-refractivity contribution in [2.45, 2.75) is 0 Å². The van der Waals surface area contributed by atoms with Crippen LogP contribution in [0.1, 0.15) is 10.4 Å². The van der Waals surface area contributed by atoms with Crippen LogP contribution in [0.15, 0.2) is 6.07 Å². The maximum Gasteiger partial charge on any atom is 0.409 e. The van der Waals surface area contributed by atoms with E-state index < -0.39 is 17.7 Å². The predicted molar refractivity (Wildman–Crippen MR) is 83.0 cm³/mol. The van der Waals surface area contributed by atoms with Crippen molar-refractivity contribution in [1.29, 1.82) is 0 Å². The van der Waals surface area contributed by atoms with Gasteiger partial charge in [-0.15, -0.1) is 0 Å². The van der Waals surface area contributed by atoms with E-state index in [9.17, 15) is 14.7 Å². The molecule has 0 saturated carbocycles. The molecule has 0 unspecified atom stereocenters. The van der Waals surface area contributed by atoms with Gasteiger partial charge in [-0.1, -0.05) is 34.8 Å². The van der Waals surface area contributed by atoms with Gasteiger partial charge in [0.1, 0.15) is 17.9 Å². The van der Waals surface area contributed by atoms with Crippen LogP contribution in [-0.4, -0.2) is 60.2 Å². The molecule has 1 aliphatic rings. The van der Waals surface area contributed by atoms with Gasteiger partial charge in [0, 0.05) is 20.1 Å². The molecular formula is C13H13Cl3N2O4. The van der Waals surface area contributed by atoms with Gasteiger partial charge in [-0.2, -0.15) is 0 Å². The summed E-state index contributed by atoms with van der Waals surface area (Å²) in [5.74, 6) is -0.965. The molecule has 6 nitrogen and oxygen atoms in total. The number of phenols is 1. The Morgan fingerprint density at radius 2 is 2.09 bits per heavy atom. The third-order valence-corrected chi connectivity index (χ3v) is 4.33. The summed E-state index contributed by atoms with van der Waals surface area (Å²) < 4.78 is 4.80. The van der Waals surface area contributed by atoms with Gasteiger partial charge in [0.15, 0.2) is 0 Å². The average molecular weight is 368 g/mol. The van der Waals surface area contributed by atoms with Crippen LogP contribution in [0.2, 0.25) is 15.1 Å². The third-order valence-electron chi connectivity index (χ3n) is 3.26. The molecule has 2 rings (SSSR count). The largest absolute Gasteiger partial charge is 0.505 e. The zero-order chi connectivity index (χ0) is 16.4. The van der Waals surface area contributed by atoms with E-state index in [2.05, 4.69) is 0 Å². The van der Waals surface area contributed by atoms with Crippen molar-refractivity contribution in [1.82, 2.24) is 9.80 Å². The van der Waals surface area contributed by atoms with Crippen molar-refractivity contribution in [3.8, 4) is 5.75 Å². The molecule has 1 N–H and O–H groups in total. The molecule has 0 radical (unpaired) electrons. The molecule has 120 valence electrons. The molecule has 1 aromatic carbocycles. The van der Waals surface area contributed by atoms with E-state index in [1.807, 2.05) is 0 Å². The standard InChI is InChI=1S/C13H13Cl3N2O4/c1-17(2-3-18-4-5-22-13(18)21)12(20)9-10(16)7(14)6-8(15)11(9)19/h6,19H,2-5H2,1H3. The number of carbonyl (C=O) groups excluding carboxylic acids is 2. The van der Waals surface area contributed by atoms with Crippen molar-refractivity contribution in [2.24, 2.45) is 0 Å². The number of nitrogens with zero attached hydrogens (tertiary/aromatic N) is 2. The van der Waals surface area contributed by atoms with Crippen molar-refractivity contribution < 1.29 is 19.4 Å². The highest BCUT2D eigenvalue weighted by Crippen LogP contribution is 2.38. The van der Waals surface area contributed by atoms with Crippen LogP contribution >= 0.6 is 34.8 Å². The topological polar surface area (TPSA) is 70.1 Å². The molecule has 1 fully saturated rings. The monoisotopic (exact) mass is 366 g/mol. The number of aromatic hydroxyl groups is 1. The molecule has 1 saturated heterocycles. The SMILES string of the molecule is CN(CCN1CCOC1=O)C(=O)c1c(O)c(Cl)cc(Cl)c1Cl. The molecule has 1 heterocycles. The molecule has 0 atom stereocenters. The molecule has 1 aliphatic heterocycles. The number of benzene rings is 1. The van der Waals surface area contributed by atoms with Gasteiger partial charge >= 0.3 is 6.09 Å². The number of halogens is 3. The van der Waals surface area contributed by atoms with E-state index in [0.717, 1.165) is 0 Å². The Morgan fingerprint density at radius 3 is 2.68 bits per heavy atom. The van der Waals surface area contributed by atoms with Gasteiger partial charge in [-0.25, -0.2) is 4.79 Å². The molecule has 1 aromatic rings. The van der Waals surface area contributed by atoms with Gasteiger partial charge in [-0.05, 0) is 6.07 Å². The number of hydrogen-bond acceptors (Lipinski definition) is 4. The predicted octanol–water partition coefficient (Wildman–Crippen LogP) is 2.88. The minimum atomic E-state index is -0.542. The van der Waals surface area contributed by atoms with Gasteiger partial charge in [0.2, 0.25) is 0 Å². The van der Waals surface area contributed by atoms with E-state index in [0.29, 0.717) is 19.7 Å². The third kappa shape index (κ3) is 3.34. The second-order valence-electron chi connectivity index (χ2n) is 4.71. The lowest BCUT2D eigenvalue weighted by atomic mass is 10.1. The smallest absolute Gasteiger partial charge is 0.409 e. The number of hydrogen-bond donors (Lipinski definition) is 1. The summed E-state index contributed by atoms with van der Waals surface area (Å²) in [6.07, 6.45) is -0.410. The fraction of sp³-hybridized carbons (Fsp3) is 0.385. The molecule has 0 spiro atoms. The van der Waals surface area contributed by atoms with Crippen LogP contribution in [0.3, 0.4) is 0 Å². The van der Waals surface area contributed by atoms with Crippen molar-refractivity contribution >= 4 is 46.8 Å². The summed E-state index contributed by atoms with van der Waals surface area (Å²) in [4.78, 5) is 26.5. The fourth-order valence-corrected chi connectivity index (χ4v) is 2.66. The zero-order valence-electron chi connectivity index (χ0n) is 11.6. The summed E-state index contributed by atoms with van der Waals surface area (Å²) in [6, 6.07) is 1.26. The second-order valence-corrected chi connectivity index (χ2v) is 5.90. The summed E-state index contributed by atoms with van der Waals surface area (Å²) in [5.41, 5.74) is -0.161. The van der Waals surface area contributed by atoms with E-state index in [4.69, 9.17) is 39.5 Å². The molecule has 2 amide bonds. The Morgan fingerprint density at radius 1 is 1.41 bits per heavy atom. The minimum Gasteiger partial charge on any atom is -0.505 e. The van der Waals surface area contributed by atoms with Gasteiger partial charge in [0.05, 0.1) is 21.6 Å². The lowest BCUT2D eigenvalue weighted by Crippen LogP contribution is -2.37. The summed E-state index contributed by atoms with van der Waals surface area (Å²) in [7, 11) is 1.52. The minimum absolute atomic E-state index is 0.0609. The summed E-state index contributed by atoms with van der Waals surface area (Å²) in [6.45, 7) is 1.38. The first-order valence-electron chi connectivity index (χ1n) is 6.36. The van der Waals surface area contributed by atoms with Crippen LogP contribution in [0.25, 0.3) is 0 Å². The first-order valence-corrected chi connectivity index (χ1v) is 7.50. The quantitative estimate of drug-likeness (QED) is 0.831. The average Bonchev–Trinajstić information content (AvgIpc) is 2.88. The van der Waals surface area contributed by atoms with E-state index in [1.54, 1.807) is 0 Å². The molecule has 9 heteroatoms. The van der Waals surface area contributed by atoms with Gasteiger partial charge < -0.3 is 19.6 Å². The molecule has 0 aromatic heterocycles. The number of amides is 2. The maximum absolute atomic E-state index is 12.4. The van der Waals surface area contributed by atoms with E-state index in [1.165, 1.54) is 22.9 Å². The lowest BCUT2D eigenvalue weighted by Gasteiger charge is -2.21. The number of ether oxygens (including phenoxy) is 1. The van der Waals surface area contributed by atoms with Gasteiger partial charge in [-0.3, -0.25) is 4.79 Å². The highest BCUT2D eigenvalue weighted by atomic mass is 35.5. The number of phenolic OH excluding ortho intramolecular Hbond substituents is 1. The van der Waals surface area contributed by atoms with Crippen LogP contribution in [0.4, 0.5) is 4.79 Å². The molecular weight excluding hydrogens is 355 g/mol. The Bertz CT molecular complexity index is 598. The maximum atomic E-state index is 12.4. The molecule has 0 aliphatic carbocycles. The second kappa shape index (κ2) is 6.81. The Labute approximate surface area is 142 Å². The zero-order valence-corrected chi connectivity index (χ0v) is 13.9. The first-order chi connectivity index (χ1) is 10.3. The van der Waals surface area contributed by atoms with Crippen LogP contribution in [0.5, 0.6) is 5.75 Å². The van der Waals surface area contributed by atoms with E-state index >= 15 is 0 Å². The fourth-order valence-electron chi connectivity index (χ4n) is 1.97. The Kier molecular flexibility index (Phi) is 5.26. The number of likely N-dealkylation sites (N-methyl/N-ethyl adjacent to an activating group) is 1. The van der Waals surface area contributed by atoms with Crippen molar-refractivity contribution in [3.63, 3.8) is 0 Å². The Hall–Kier alpha value is -1.37. The summed E-state index contributed by atoms with van der Waals surface area (Å²) in [5, 5.41) is 9.88. The highest BCUT2D eigenvalue weighted by molar-refractivity contribution is 6.45. The summed E-state index contributed by atoms with van der Waals surface area (Å²) >= 11 is 17.7. The van der Waals surface area contributed by atoms with Crippen molar-refractivity contribution in [2.75, 3.05) is 33.3 Å². The molecule has 22 heavy (non-hydrogen) atoms. The molecule has 0 bridgehead atoms. The van der Waals surface area contributed by atoms with Crippen LogP contribution in [-0.2, 0) is 4.74 Å². The lowest BCUT2D eigenvalue weighted by molar-refractivity contribution is 0.0779.